The molecule has 2 saturated heterocycles. The molecular weight excluding hydrogens is 204 g/mol. The fourth-order valence-corrected chi connectivity index (χ4v) is 3.11. The molecule has 90 valence electrons. The van der Waals surface area contributed by atoms with Gasteiger partial charge in [0, 0.05) is 24.5 Å². The molecule has 16 heavy (non-hydrogen) atoms. The number of carbonyl (C=O) groups is 1. The van der Waals surface area contributed by atoms with Crippen LogP contribution in [-0.4, -0.2) is 47.2 Å². The summed E-state index contributed by atoms with van der Waals surface area (Å²) in [6.07, 6.45) is 4.62. The lowest BCUT2D eigenvalue weighted by Gasteiger charge is -2.49. The van der Waals surface area contributed by atoms with Gasteiger partial charge in [0.1, 0.15) is 0 Å². The Hall–Kier alpha value is -0.610. The van der Waals surface area contributed by atoms with Gasteiger partial charge in [0.2, 0.25) is 5.91 Å². The molecule has 2 heterocycles. The van der Waals surface area contributed by atoms with Gasteiger partial charge in [-0.05, 0) is 38.6 Å². The van der Waals surface area contributed by atoms with Gasteiger partial charge in [-0.25, -0.2) is 0 Å². The molecule has 4 nitrogen and oxygen atoms in total. The lowest BCUT2D eigenvalue weighted by molar-refractivity contribution is -0.144. The summed E-state index contributed by atoms with van der Waals surface area (Å²) in [5.41, 5.74) is 0.371. The van der Waals surface area contributed by atoms with Crippen LogP contribution in [0.3, 0.4) is 0 Å². The first-order valence-corrected chi connectivity index (χ1v) is 6.40. The van der Waals surface area contributed by atoms with Crippen LogP contribution in [0.2, 0.25) is 0 Å². The maximum Gasteiger partial charge on any atom is 0.225 e. The molecule has 1 amide bonds. The van der Waals surface area contributed by atoms with E-state index in [2.05, 4.69) is 5.32 Å². The average molecular weight is 224 g/mol. The first-order valence-electron chi connectivity index (χ1n) is 6.40. The van der Waals surface area contributed by atoms with E-state index in [9.17, 15) is 9.90 Å². The van der Waals surface area contributed by atoms with Crippen molar-refractivity contribution in [1.29, 1.82) is 0 Å². The van der Waals surface area contributed by atoms with Crippen LogP contribution in [-0.2, 0) is 4.79 Å². The summed E-state index contributed by atoms with van der Waals surface area (Å²) in [7, 11) is 0. The van der Waals surface area contributed by atoms with E-state index in [0.717, 1.165) is 32.5 Å². The fourth-order valence-electron chi connectivity index (χ4n) is 3.11. The van der Waals surface area contributed by atoms with E-state index in [0.29, 0.717) is 18.4 Å². The lowest BCUT2D eigenvalue weighted by Crippen LogP contribution is -2.63. The van der Waals surface area contributed by atoms with Crippen LogP contribution in [0.5, 0.6) is 0 Å². The van der Waals surface area contributed by atoms with E-state index < -0.39 is 0 Å². The summed E-state index contributed by atoms with van der Waals surface area (Å²) < 4.78 is 0. The molecule has 3 rings (SSSR count). The van der Waals surface area contributed by atoms with E-state index in [-0.39, 0.29) is 17.9 Å². The Kier molecular flexibility index (Phi) is 2.44. The number of hydrogen-bond acceptors (Lipinski definition) is 3. The molecule has 0 bridgehead atoms. The highest BCUT2D eigenvalue weighted by Crippen LogP contribution is 2.34. The Morgan fingerprint density at radius 2 is 1.88 bits per heavy atom. The molecule has 1 aliphatic carbocycles. The lowest BCUT2D eigenvalue weighted by atomic mass is 9.77. The van der Waals surface area contributed by atoms with Crippen molar-refractivity contribution in [2.75, 3.05) is 19.6 Å². The van der Waals surface area contributed by atoms with Gasteiger partial charge in [-0.3, -0.25) is 4.79 Å². The van der Waals surface area contributed by atoms with E-state index >= 15 is 0 Å². The summed E-state index contributed by atoms with van der Waals surface area (Å²) in [5, 5.41) is 12.7. The van der Waals surface area contributed by atoms with Crippen molar-refractivity contribution in [3.05, 3.63) is 0 Å². The third-order valence-electron chi connectivity index (χ3n) is 4.60. The van der Waals surface area contributed by atoms with Crippen LogP contribution < -0.4 is 5.32 Å². The predicted octanol–water partition coefficient (Wildman–Crippen LogP) is 0.112. The molecule has 0 atom stereocenters. The van der Waals surface area contributed by atoms with Gasteiger partial charge in [0.15, 0.2) is 0 Å². The Morgan fingerprint density at radius 1 is 1.25 bits per heavy atom. The van der Waals surface area contributed by atoms with Crippen molar-refractivity contribution in [2.45, 2.75) is 43.7 Å². The molecule has 3 fully saturated rings. The average Bonchev–Trinajstić information content (AvgIpc) is 2.22. The van der Waals surface area contributed by atoms with Crippen LogP contribution in [0.1, 0.15) is 32.1 Å². The van der Waals surface area contributed by atoms with Crippen LogP contribution in [0, 0.1) is 5.92 Å². The van der Waals surface area contributed by atoms with Crippen molar-refractivity contribution in [3.63, 3.8) is 0 Å². The highest BCUT2D eigenvalue weighted by Gasteiger charge is 2.42. The number of aliphatic hydroxyl groups excluding tert-OH is 1. The minimum atomic E-state index is -0.224. The summed E-state index contributed by atoms with van der Waals surface area (Å²) in [5.74, 6) is 0.387. The number of aliphatic hydroxyl groups is 1. The normalized spacial score (nSPS) is 36.7. The first kappa shape index (κ1) is 10.5. The molecule has 2 N–H and O–H groups in total. The minimum absolute atomic E-state index is 0.110. The standard InChI is InChI=1S/C12H20N2O2/c15-10-7-9(8-10)11(16)14-5-2-12(3-6-14)1-4-13-12/h9-10,13,15H,1-8H2. The summed E-state index contributed by atoms with van der Waals surface area (Å²) in [6, 6.07) is 0. The van der Waals surface area contributed by atoms with Gasteiger partial charge in [0.25, 0.3) is 0 Å². The van der Waals surface area contributed by atoms with Crippen molar-refractivity contribution >= 4 is 5.91 Å². The minimum Gasteiger partial charge on any atom is -0.393 e. The fraction of sp³-hybridized carbons (Fsp3) is 0.917. The number of carbonyl (C=O) groups excluding carboxylic acids is 1. The van der Waals surface area contributed by atoms with E-state index in [1.807, 2.05) is 4.90 Å². The molecule has 4 heteroatoms. The molecule has 0 unspecified atom stereocenters. The Labute approximate surface area is 96.0 Å². The Bertz CT molecular complexity index is 285. The number of nitrogens with one attached hydrogen (secondary N) is 1. The van der Waals surface area contributed by atoms with Crippen molar-refractivity contribution in [1.82, 2.24) is 10.2 Å². The molecule has 1 spiro atoms. The highest BCUT2D eigenvalue weighted by atomic mass is 16.3. The zero-order valence-electron chi connectivity index (χ0n) is 9.61. The van der Waals surface area contributed by atoms with E-state index in [1.165, 1.54) is 6.42 Å². The van der Waals surface area contributed by atoms with E-state index in [1.54, 1.807) is 0 Å². The van der Waals surface area contributed by atoms with E-state index in [4.69, 9.17) is 0 Å². The van der Waals surface area contributed by atoms with Crippen molar-refractivity contribution in [2.24, 2.45) is 5.92 Å². The van der Waals surface area contributed by atoms with Crippen LogP contribution in [0.15, 0.2) is 0 Å². The number of hydrogen-bond donors (Lipinski definition) is 2. The molecule has 0 radical (unpaired) electrons. The zero-order chi connectivity index (χ0) is 11.2. The number of likely N-dealkylation sites (tertiary alicyclic amines) is 1. The second kappa shape index (κ2) is 3.70. The summed E-state index contributed by atoms with van der Waals surface area (Å²) in [4.78, 5) is 14.0. The topological polar surface area (TPSA) is 52.6 Å². The van der Waals surface area contributed by atoms with Gasteiger partial charge in [-0.1, -0.05) is 0 Å². The van der Waals surface area contributed by atoms with Crippen molar-refractivity contribution in [3.8, 4) is 0 Å². The number of amides is 1. The molecule has 1 saturated carbocycles. The largest absolute Gasteiger partial charge is 0.393 e. The second-order valence-electron chi connectivity index (χ2n) is 5.60. The molecule has 0 aromatic carbocycles. The predicted molar refractivity (Wildman–Crippen MR) is 59.9 cm³/mol. The second-order valence-corrected chi connectivity index (χ2v) is 5.60. The summed E-state index contributed by atoms with van der Waals surface area (Å²) in [6.45, 7) is 2.94. The maximum atomic E-state index is 12.0. The monoisotopic (exact) mass is 224 g/mol. The van der Waals surface area contributed by atoms with Crippen molar-refractivity contribution < 1.29 is 9.90 Å². The summed E-state index contributed by atoms with van der Waals surface area (Å²) >= 11 is 0. The quantitative estimate of drug-likeness (QED) is 0.665. The SMILES string of the molecule is O=C(C1CC(O)C1)N1CCC2(CCN2)CC1. The first-order chi connectivity index (χ1) is 7.69. The van der Waals surface area contributed by atoms with Crippen LogP contribution in [0.25, 0.3) is 0 Å². The van der Waals surface area contributed by atoms with Crippen LogP contribution >= 0.6 is 0 Å². The van der Waals surface area contributed by atoms with Crippen LogP contribution in [0.4, 0.5) is 0 Å². The van der Waals surface area contributed by atoms with Gasteiger partial charge in [-0.2, -0.15) is 0 Å². The molecule has 0 aromatic rings. The third kappa shape index (κ3) is 1.64. The van der Waals surface area contributed by atoms with Gasteiger partial charge < -0.3 is 15.3 Å². The molecular formula is C12H20N2O2. The number of piperidine rings is 1. The molecule has 3 aliphatic rings. The number of nitrogens with zero attached hydrogens (tertiary/aromatic N) is 1. The third-order valence-corrected chi connectivity index (χ3v) is 4.60. The van der Waals surface area contributed by atoms with Gasteiger partial charge in [0.05, 0.1) is 6.10 Å². The Balaban J connectivity index is 1.51. The molecule has 2 aliphatic heterocycles. The van der Waals surface area contributed by atoms with Gasteiger partial charge in [-0.15, -0.1) is 0 Å². The molecule has 0 aromatic heterocycles. The maximum absolute atomic E-state index is 12.0. The highest BCUT2D eigenvalue weighted by molar-refractivity contribution is 5.80. The van der Waals surface area contributed by atoms with Gasteiger partial charge >= 0.3 is 0 Å². The smallest absolute Gasteiger partial charge is 0.225 e. The Morgan fingerprint density at radius 3 is 2.31 bits per heavy atom. The zero-order valence-corrected chi connectivity index (χ0v) is 9.61. The number of rotatable bonds is 1.